The highest BCUT2D eigenvalue weighted by Gasteiger charge is 2.20. The molecule has 0 radical (unpaired) electrons. The van der Waals surface area contributed by atoms with E-state index >= 15 is 0 Å². The van der Waals surface area contributed by atoms with Crippen molar-refractivity contribution in [2.45, 2.75) is 33.2 Å². The molecular weight excluding hydrogens is 317 g/mol. The summed E-state index contributed by atoms with van der Waals surface area (Å²) in [6.45, 7) is 4.79. The fourth-order valence-corrected chi connectivity index (χ4v) is 3.25. The third kappa shape index (κ3) is 3.30. The van der Waals surface area contributed by atoms with Crippen LogP contribution in [0.3, 0.4) is 0 Å². The van der Waals surface area contributed by atoms with E-state index in [9.17, 15) is 4.39 Å². The molecule has 0 spiro atoms. The van der Waals surface area contributed by atoms with Crippen molar-refractivity contribution in [3.8, 4) is 11.4 Å². The van der Waals surface area contributed by atoms with Gasteiger partial charge in [0.15, 0.2) is 0 Å². The van der Waals surface area contributed by atoms with Gasteiger partial charge in [-0.3, -0.25) is 19.5 Å². The molecule has 3 aromatic heterocycles. The van der Waals surface area contributed by atoms with Crippen molar-refractivity contribution in [2.75, 3.05) is 6.54 Å². The maximum atomic E-state index is 12.8. The summed E-state index contributed by atoms with van der Waals surface area (Å²) in [5.41, 5.74) is 5.56. The second kappa shape index (κ2) is 6.72. The molecule has 0 bridgehead atoms. The first kappa shape index (κ1) is 15.9. The van der Waals surface area contributed by atoms with E-state index in [4.69, 9.17) is 5.10 Å². The summed E-state index contributed by atoms with van der Waals surface area (Å²) in [4.78, 5) is 11.1. The quantitative estimate of drug-likeness (QED) is 0.734. The first-order valence-electron chi connectivity index (χ1n) is 8.45. The molecular formula is C19H20FN5. The molecule has 0 N–H and O–H groups in total. The second-order valence-electron chi connectivity index (χ2n) is 6.38. The van der Waals surface area contributed by atoms with Gasteiger partial charge in [0.25, 0.3) is 0 Å². The van der Waals surface area contributed by atoms with Gasteiger partial charge in [-0.15, -0.1) is 0 Å². The number of hydrogen-bond acceptors (Lipinski definition) is 4. The van der Waals surface area contributed by atoms with Crippen LogP contribution in [0.1, 0.15) is 22.6 Å². The van der Waals surface area contributed by atoms with E-state index in [1.54, 1.807) is 12.3 Å². The highest BCUT2D eigenvalue weighted by Crippen LogP contribution is 2.23. The van der Waals surface area contributed by atoms with Crippen molar-refractivity contribution in [3.63, 3.8) is 0 Å². The third-order valence-electron chi connectivity index (χ3n) is 4.52. The number of aryl methyl sites for hydroxylation is 1. The zero-order chi connectivity index (χ0) is 17.2. The van der Waals surface area contributed by atoms with E-state index in [1.807, 2.05) is 18.2 Å². The number of rotatable bonds is 4. The van der Waals surface area contributed by atoms with Crippen molar-refractivity contribution in [1.82, 2.24) is 24.6 Å². The van der Waals surface area contributed by atoms with Gasteiger partial charge in [-0.1, -0.05) is 12.1 Å². The molecule has 5 nitrogen and oxygen atoms in total. The molecule has 0 saturated carbocycles. The number of fused-ring (bicyclic) bond motifs is 1. The van der Waals surface area contributed by atoms with Gasteiger partial charge in [-0.2, -0.15) is 5.10 Å². The summed E-state index contributed by atoms with van der Waals surface area (Å²) in [7, 11) is 0. The van der Waals surface area contributed by atoms with Gasteiger partial charge in [0, 0.05) is 25.8 Å². The molecule has 3 aromatic rings. The summed E-state index contributed by atoms with van der Waals surface area (Å²) < 4.78 is 14.8. The fraction of sp³-hybridized carbons (Fsp3) is 0.316. The Morgan fingerprint density at radius 1 is 1.12 bits per heavy atom. The number of pyridine rings is 2. The highest BCUT2D eigenvalue weighted by atomic mass is 19.1. The maximum Gasteiger partial charge on any atom is 0.131 e. The molecule has 25 heavy (non-hydrogen) atoms. The number of alkyl halides is 1. The Morgan fingerprint density at radius 3 is 2.84 bits per heavy atom. The van der Waals surface area contributed by atoms with E-state index in [2.05, 4.69) is 38.6 Å². The summed E-state index contributed by atoms with van der Waals surface area (Å²) in [5, 5.41) is 4.71. The molecule has 6 heteroatoms. The molecule has 4 rings (SSSR count). The SMILES string of the molecule is Cc1cccnc1-c1cc2n(n1)CCN(Cc1cccc(CF)n1)C2. The van der Waals surface area contributed by atoms with Crippen molar-refractivity contribution in [2.24, 2.45) is 0 Å². The van der Waals surface area contributed by atoms with Crippen molar-refractivity contribution in [3.05, 3.63) is 65.2 Å². The van der Waals surface area contributed by atoms with Gasteiger partial charge in [-0.25, -0.2) is 4.39 Å². The first-order valence-corrected chi connectivity index (χ1v) is 8.45. The Balaban J connectivity index is 1.52. The minimum absolute atomic E-state index is 0.493. The lowest BCUT2D eigenvalue weighted by Gasteiger charge is -2.27. The van der Waals surface area contributed by atoms with E-state index < -0.39 is 6.67 Å². The zero-order valence-electron chi connectivity index (χ0n) is 14.2. The molecule has 4 heterocycles. The maximum absolute atomic E-state index is 12.8. The average molecular weight is 337 g/mol. The molecule has 0 atom stereocenters. The molecule has 0 unspecified atom stereocenters. The first-order chi connectivity index (χ1) is 12.2. The van der Waals surface area contributed by atoms with Crippen LogP contribution in [0.15, 0.2) is 42.6 Å². The minimum atomic E-state index is -0.520. The molecule has 0 aromatic carbocycles. The smallest absolute Gasteiger partial charge is 0.131 e. The Morgan fingerprint density at radius 2 is 2.00 bits per heavy atom. The molecule has 0 amide bonds. The van der Waals surface area contributed by atoms with Gasteiger partial charge in [0.1, 0.15) is 12.4 Å². The van der Waals surface area contributed by atoms with E-state index in [-0.39, 0.29) is 0 Å². The van der Waals surface area contributed by atoms with Crippen molar-refractivity contribution in [1.29, 1.82) is 0 Å². The van der Waals surface area contributed by atoms with E-state index in [1.165, 1.54) is 5.69 Å². The predicted molar refractivity (Wildman–Crippen MR) is 93.4 cm³/mol. The minimum Gasteiger partial charge on any atom is -0.290 e. The topological polar surface area (TPSA) is 46.8 Å². The lowest BCUT2D eigenvalue weighted by molar-refractivity contribution is 0.203. The Bertz CT molecular complexity index is 889. The van der Waals surface area contributed by atoms with Gasteiger partial charge in [0.2, 0.25) is 0 Å². The summed E-state index contributed by atoms with van der Waals surface area (Å²) >= 11 is 0. The summed E-state index contributed by atoms with van der Waals surface area (Å²) in [6.07, 6.45) is 1.80. The number of aromatic nitrogens is 4. The largest absolute Gasteiger partial charge is 0.290 e. The van der Waals surface area contributed by atoms with Crippen LogP contribution in [-0.4, -0.2) is 31.2 Å². The average Bonchev–Trinajstić information content (AvgIpc) is 3.05. The van der Waals surface area contributed by atoms with Crippen molar-refractivity contribution >= 4 is 0 Å². The Hall–Kier alpha value is -2.60. The van der Waals surface area contributed by atoms with Crippen LogP contribution >= 0.6 is 0 Å². The fourth-order valence-electron chi connectivity index (χ4n) is 3.25. The van der Waals surface area contributed by atoms with Crippen LogP contribution in [0.2, 0.25) is 0 Å². The lowest BCUT2D eigenvalue weighted by Crippen LogP contribution is -2.33. The molecule has 1 aliphatic rings. The lowest BCUT2D eigenvalue weighted by atomic mass is 10.1. The predicted octanol–water partition coefficient (Wildman–Crippen LogP) is 3.13. The zero-order valence-corrected chi connectivity index (χ0v) is 14.2. The van der Waals surface area contributed by atoms with E-state index in [0.717, 1.165) is 48.8 Å². The normalized spacial score (nSPS) is 14.5. The monoisotopic (exact) mass is 337 g/mol. The van der Waals surface area contributed by atoms with Crippen LogP contribution in [0.5, 0.6) is 0 Å². The molecule has 128 valence electrons. The van der Waals surface area contributed by atoms with Gasteiger partial charge >= 0.3 is 0 Å². The van der Waals surface area contributed by atoms with Gasteiger partial charge in [-0.05, 0) is 36.8 Å². The Kier molecular flexibility index (Phi) is 4.28. The molecule has 0 aliphatic carbocycles. The van der Waals surface area contributed by atoms with Crippen LogP contribution in [-0.2, 0) is 26.3 Å². The van der Waals surface area contributed by atoms with Crippen LogP contribution in [0, 0.1) is 6.92 Å². The number of nitrogens with zero attached hydrogens (tertiary/aromatic N) is 5. The third-order valence-corrected chi connectivity index (χ3v) is 4.52. The van der Waals surface area contributed by atoms with Crippen molar-refractivity contribution < 1.29 is 4.39 Å². The Labute approximate surface area is 146 Å². The van der Waals surface area contributed by atoms with Crippen LogP contribution in [0.4, 0.5) is 4.39 Å². The number of halogens is 1. The van der Waals surface area contributed by atoms with Gasteiger partial charge < -0.3 is 0 Å². The van der Waals surface area contributed by atoms with Crippen LogP contribution in [0.25, 0.3) is 11.4 Å². The highest BCUT2D eigenvalue weighted by molar-refractivity contribution is 5.58. The second-order valence-corrected chi connectivity index (χ2v) is 6.38. The standard InChI is InChI=1S/C19H20FN5/c1-14-4-3-7-21-19(14)18-10-17-13-24(8-9-25(17)23-18)12-16-6-2-5-15(11-20)22-16/h2-7,10H,8-9,11-13H2,1H3. The van der Waals surface area contributed by atoms with E-state index in [0.29, 0.717) is 5.69 Å². The molecule has 0 fully saturated rings. The van der Waals surface area contributed by atoms with Gasteiger partial charge in [0.05, 0.1) is 29.3 Å². The van der Waals surface area contributed by atoms with Crippen LogP contribution < -0.4 is 0 Å². The number of hydrogen-bond donors (Lipinski definition) is 0. The molecule has 1 aliphatic heterocycles. The summed E-state index contributed by atoms with van der Waals surface area (Å²) in [6, 6.07) is 11.6. The summed E-state index contributed by atoms with van der Waals surface area (Å²) in [5.74, 6) is 0. The molecule has 0 saturated heterocycles.